The first-order valence-corrected chi connectivity index (χ1v) is 6.81. The topological polar surface area (TPSA) is 49.3 Å². The van der Waals surface area contributed by atoms with E-state index in [1.807, 2.05) is 25.1 Å². The van der Waals surface area contributed by atoms with E-state index in [-0.39, 0.29) is 24.3 Å². The third-order valence-electron chi connectivity index (χ3n) is 2.95. The highest BCUT2D eigenvalue weighted by atomic mass is 32.2. The van der Waals surface area contributed by atoms with Crippen molar-refractivity contribution in [1.82, 2.24) is 5.32 Å². The van der Waals surface area contributed by atoms with Gasteiger partial charge in [0, 0.05) is 23.8 Å². The molecule has 1 aliphatic rings. The molecule has 1 heterocycles. The Kier molecular flexibility index (Phi) is 4.07. The van der Waals surface area contributed by atoms with Crippen molar-refractivity contribution >= 4 is 17.7 Å². The minimum atomic E-state index is -0.0397. The molecule has 0 saturated carbocycles. The van der Waals surface area contributed by atoms with E-state index < -0.39 is 0 Å². The molecule has 2 unspecified atom stereocenters. The molecular weight excluding hydrogens is 234 g/mol. The highest BCUT2D eigenvalue weighted by Crippen LogP contribution is 2.39. The lowest BCUT2D eigenvalue weighted by Crippen LogP contribution is -2.33. The Morgan fingerprint density at radius 2 is 2.35 bits per heavy atom. The van der Waals surface area contributed by atoms with Crippen LogP contribution in [0.2, 0.25) is 0 Å². The molecule has 0 aliphatic carbocycles. The number of fused-ring (bicyclic) bond motifs is 1. The maximum Gasteiger partial charge on any atom is 0.228 e. The SMILES string of the molecule is CC(CO)CNC(=O)C1CSc2ccccc21. The molecule has 2 rings (SSSR count). The maximum atomic E-state index is 12.0. The second-order valence-corrected chi connectivity index (χ2v) is 5.50. The molecule has 0 spiro atoms. The van der Waals surface area contributed by atoms with Gasteiger partial charge in [0.2, 0.25) is 5.91 Å². The Hall–Kier alpha value is -1.00. The molecule has 92 valence electrons. The number of aliphatic hydroxyl groups is 1. The number of thioether (sulfide) groups is 1. The van der Waals surface area contributed by atoms with Crippen LogP contribution in [0.4, 0.5) is 0 Å². The number of hydrogen-bond acceptors (Lipinski definition) is 3. The van der Waals surface area contributed by atoms with Crippen LogP contribution in [-0.4, -0.2) is 29.9 Å². The van der Waals surface area contributed by atoms with E-state index in [1.165, 1.54) is 4.90 Å². The predicted molar refractivity (Wildman–Crippen MR) is 69.2 cm³/mol. The quantitative estimate of drug-likeness (QED) is 0.855. The summed E-state index contributed by atoms with van der Waals surface area (Å²) in [5, 5.41) is 11.8. The number of aliphatic hydroxyl groups excluding tert-OH is 1. The normalized spacial score (nSPS) is 19.8. The molecule has 3 nitrogen and oxygen atoms in total. The summed E-state index contributed by atoms with van der Waals surface area (Å²) in [7, 11) is 0. The molecule has 2 N–H and O–H groups in total. The number of nitrogens with one attached hydrogen (secondary N) is 1. The van der Waals surface area contributed by atoms with Crippen LogP contribution in [0.3, 0.4) is 0 Å². The Bertz CT molecular complexity index is 408. The molecule has 4 heteroatoms. The molecule has 1 aromatic carbocycles. The Labute approximate surface area is 106 Å². The van der Waals surface area contributed by atoms with Crippen LogP contribution >= 0.6 is 11.8 Å². The summed E-state index contributed by atoms with van der Waals surface area (Å²) in [6.45, 7) is 2.56. The van der Waals surface area contributed by atoms with E-state index >= 15 is 0 Å². The standard InChI is InChI=1S/C13H17NO2S/c1-9(7-15)6-14-13(16)11-8-17-12-5-3-2-4-10(11)12/h2-5,9,11,15H,6-8H2,1H3,(H,14,16). The highest BCUT2D eigenvalue weighted by molar-refractivity contribution is 7.99. The largest absolute Gasteiger partial charge is 0.396 e. The summed E-state index contributed by atoms with van der Waals surface area (Å²) in [6, 6.07) is 8.06. The van der Waals surface area contributed by atoms with E-state index in [0.717, 1.165) is 11.3 Å². The van der Waals surface area contributed by atoms with Gasteiger partial charge in [0.1, 0.15) is 0 Å². The fourth-order valence-electron chi connectivity index (χ4n) is 1.84. The van der Waals surface area contributed by atoms with E-state index in [1.54, 1.807) is 11.8 Å². The average molecular weight is 251 g/mol. The lowest BCUT2D eigenvalue weighted by atomic mass is 10.0. The van der Waals surface area contributed by atoms with E-state index in [2.05, 4.69) is 11.4 Å². The summed E-state index contributed by atoms with van der Waals surface area (Å²) in [5.41, 5.74) is 1.13. The number of amides is 1. The summed E-state index contributed by atoms with van der Waals surface area (Å²) in [6.07, 6.45) is 0. The monoisotopic (exact) mass is 251 g/mol. The third kappa shape index (κ3) is 2.82. The van der Waals surface area contributed by atoms with Gasteiger partial charge in [-0.25, -0.2) is 0 Å². The summed E-state index contributed by atoms with van der Waals surface area (Å²) in [4.78, 5) is 13.2. The van der Waals surface area contributed by atoms with Crippen molar-refractivity contribution in [3.8, 4) is 0 Å². The van der Waals surface area contributed by atoms with Crippen LogP contribution in [0.25, 0.3) is 0 Å². The van der Waals surface area contributed by atoms with Crippen LogP contribution in [-0.2, 0) is 4.79 Å². The van der Waals surface area contributed by atoms with Crippen LogP contribution in [0.15, 0.2) is 29.2 Å². The first-order chi connectivity index (χ1) is 8.22. The molecule has 1 aliphatic heterocycles. The molecular formula is C13H17NO2S. The van der Waals surface area contributed by atoms with E-state index in [0.29, 0.717) is 6.54 Å². The highest BCUT2D eigenvalue weighted by Gasteiger charge is 2.28. The van der Waals surface area contributed by atoms with Gasteiger partial charge in [-0.2, -0.15) is 0 Å². The molecule has 1 amide bonds. The van der Waals surface area contributed by atoms with Crippen molar-refractivity contribution in [1.29, 1.82) is 0 Å². The van der Waals surface area contributed by atoms with Gasteiger partial charge in [-0.15, -0.1) is 11.8 Å². The summed E-state index contributed by atoms with van der Waals surface area (Å²) >= 11 is 1.73. The molecule has 1 aromatic rings. The minimum absolute atomic E-state index is 0.0397. The second kappa shape index (κ2) is 5.56. The molecule has 17 heavy (non-hydrogen) atoms. The number of benzene rings is 1. The summed E-state index contributed by atoms with van der Waals surface area (Å²) < 4.78 is 0. The van der Waals surface area contributed by atoms with E-state index in [9.17, 15) is 4.79 Å². The van der Waals surface area contributed by atoms with Gasteiger partial charge in [-0.1, -0.05) is 25.1 Å². The third-order valence-corrected chi connectivity index (χ3v) is 4.14. The first-order valence-electron chi connectivity index (χ1n) is 5.82. The van der Waals surface area contributed by atoms with E-state index in [4.69, 9.17) is 5.11 Å². The lowest BCUT2D eigenvalue weighted by molar-refractivity contribution is -0.122. The van der Waals surface area contributed by atoms with Crippen LogP contribution in [0, 0.1) is 5.92 Å². The number of carbonyl (C=O) groups excluding carboxylic acids is 1. The fraction of sp³-hybridized carbons (Fsp3) is 0.462. The zero-order valence-electron chi connectivity index (χ0n) is 9.85. The van der Waals surface area contributed by atoms with Gasteiger partial charge in [-0.05, 0) is 17.5 Å². The van der Waals surface area contributed by atoms with Crippen LogP contribution in [0.5, 0.6) is 0 Å². The smallest absolute Gasteiger partial charge is 0.228 e. The van der Waals surface area contributed by atoms with Crippen molar-refractivity contribution < 1.29 is 9.90 Å². The van der Waals surface area contributed by atoms with Crippen molar-refractivity contribution in [3.05, 3.63) is 29.8 Å². The average Bonchev–Trinajstić information content (AvgIpc) is 2.79. The zero-order chi connectivity index (χ0) is 12.3. The van der Waals surface area contributed by atoms with Crippen molar-refractivity contribution in [2.24, 2.45) is 5.92 Å². The number of carbonyl (C=O) groups is 1. The molecule has 0 bridgehead atoms. The van der Waals surface area contributed by atoms with Gasteiger partial charge >= 0.3 is 0 Å². The molecule has 0 fully saturated rings. The molecule has 2 atom stereocenters. The van der Waals surface area contributed by atoms with Gasteiger partial charge in [0.05, 0.1) is 5.92 Å². The molecule has 0 radical (unpaired) electrons. The second-order valence-electron chi connectivity index (χ2n) is 4.43. The summed E-state index contributed by atoms with van der Waals surface area (Å²) in [5.74, 6) is 0.965. The molecule has 0 aromatic heterocycles. The number of rotatable bonds is 4. The van der Waals surface area contributed by atoms with Crippen molar-refractivity contribution in [2.75, 3.05) is 18.9 Å². The Morgan fingerprint density at radius 3 is 3.12 bits per heavy atom. The van der Waals surface area contributed by atoms with Gasteiger partial charge in [-0.3, -0.25) is 4.79 Å². The maximum absolute atomic E-state index is 12.0. The Balaban J connectivity index is 1.98. The van der Waals surface area contributed by atoms with Gasteiger partial charge in [0.15, 0.2) is 0 Å². The minimum Gasteiger partial charge on any atom is -0.396 e. The Morgan fingerprint density at radius 1 is 1.59 bits per heavy atom. The zero-order valence-corrected chi connectivity index (χ0v) is 10.7. The van der Waals surface area contributed by atoms with Crippen molar-refractivity contribution in [3.63, 3.8) is 0 Å². The fourth-order valence-corrected chi connectivity index (χ4v) is 3.07. The van der Waals surface area contributed by atoms with Crippen LogP contribution in [0.1, 0.15) is 18.4 Å². The lowest BCUT2D eigenvalue weighted by Gasteiger charge is -2.14. The van der Waals surface area contributed by atoms with Crippen molar-refractivity contribution in [2.45, 2.75) is 17.7 Å². The number of hydrogen-bond donors (Lipinski definition) is 2. The molecule has 0 saturated heterocycles. The van der Waals surface area contributed by atoms with Crippen LogP contribution < -0.4 is 5.32 Å². The van der Waals surface area contributed by atoms with Gasteiger partial charge in [0.25, 0.3) is 0 Å². The van der Waals surface area contributed by atoms with Gasteiger partial charge < -0.3 is 10.4 Å². The predicted octanol–water partition coefficient (Wildman–Crippen LogP) is 1.62. The first kappa shape index (κ1) is 12.5.